The minimum absolute atomic E-state index is 0.184. The average Bonchev–Trinajstić information content (AvgIpc) is 3.12. The first-order valence-electron chi connectivity index (χ1n) is 9.18. The van der Waals surface area contributed by atoms with E-state index in [1.54, 1.807) is 4.90 Å². The van der Waals surface area contributed by atoms with Crippen molar-refractivity contribution in [1.82, 2.24) is 4.31 Å². The van der Waals surface area contributed by atoms with Gasteiger partial charge in [-0.2, -0.15) is 4.31 Å². The zero-order chi connectivity index (χ0) is 19.0. The number of para-hydroxylation sites is 1. The molecular weight excluding hydrogens is 367 g/mol. The Bertz CT molecular complexity index is 984. The van der Waals surface area contributed by atoms with Crippen LogP contribution >= 0.6 is 0 Å². The summed E-state index contributed by atoms with van der Waals surface area (Å²) in [6.07, 6.45) is 3.26. The molecule has 0 unspecified atom stereocenters. The number of amides is 1. The van der Waals surface area contributed by atoms with Gasteiger partial charge in [0.05, 0.1) is 0 Å². The van der Waals surface area contributed by atoms with Crippen molar-refractivity contribution in [2.45, 2.75) is 30.6 Å². The summed E-state index contributed by atoms with van der Waals surface area (Å²) < 4.78 is 41.4. The Kier molecular flexibility index (Phi) is 4.74. The molecule has 0 bridgehead atoms. The number of hydrogen-bond donors (Lipinski definition) is 0. The van der Waals surface area contributed by atoms with Crippen LogP contribution in [0, 0.1) is 5.82 Å². The van der Waals surface area contributed by atoms with Crippen LogP contribution in [0.4, 0.5) is 10.1 Å². The van der Waals surface area contributed by atoms with E-state index >= 15 is 0 Å². The fourth-order valence-corrected chi connectivity index (χ4v) is 5.39. The topological polar surface area (TPSA) is 57.7 Å². The molecule has 0 aliphatic carbocycles. The summed E-state index contributed by atoms with van der Waals surface area (Å²) in [5, 5.41) is 0. The van der Waals surface area contributed by atoms with Gasteiger partial charge in [0.1, 0.15) is 10.7 Å². The molecule has 0 saturated carbocycles. The highest BCUT2D eigenvalue weighted by Crippen LogP contribution is 2.30. The molecule has 0 atom stereocenters. The molecule has 2 aromatic rings. The quantitative estimate of drug-likeness (QED) is 0.811. The number of hydrogen-bond acceptors (Lipinski definition) is 3. The summed E-state index contributed by atoms with van der Waals surface area (Å²) >= 11 is 0. The van der Waals surface area contributed by atoms with Gasteiger partial charge in [-0.1, -0.05) is 24.6 Å². The summed E-state index contributed by atoms with van der Waals surface area (Å²) in [5.74, 6) is -1.13. The van der Waals surface area contributed by atoms with E-state index in [0.717, 1.165) is 43.0 Å². The van der Waals surface area contributed by atoms with Crippen molar-refractivity contribution < 1.29 is 17.6 Å². The summed E-state index contributed by atoms with van der Waals surface area (Å²) in [7, 11) is -3.95. The molecule has 4 rings (SSSR count). The maximum absolute atomic E-state index is 14.4. The van der Waals surface area contributed by atoms with E-state index in [-0.39, 0.29) is 11.5 Å². The van der Waals surface area contributed by atoms with Crippen LogP contribution in [0.2, 0.25) is 0 Å². The Balaban J connectivity index is 1.68. The molecule has 2 aliphatic rings. The number of sulfonamides is 1. The van der Waals surface area contributed by atoms with Crippen LogP contribution in [-0.4, -0.2) is 38.3 Å². The first-order valence-corrected chi connectivity index (χ1v) is 10.6. The Hall–Kier alpha value is -2.25. The van der Waals surface area contributed by atoms with E-state index in [1.807, 2.05) is 24.3 Å². The fourth-order valence-electron chi connectivity index (χ4n) is 3.78. The normalized spacial score (nSPS) is 17.7. The van der Waals surface area contributed by atoms with Crippen LogP contribution < -0.4 is 4.90 Å². The highest BCUT2D eigenvalue weighted by atomic mass is 32.2. The van der Waals surface area contributed by atoms with E-state index in [0.29, 0.717) is 19.6 Å². The lowest BCUT2D eigenvalue weighted by molar-refractivity contribution is 0.0989. The standard InChI is InChI=1S/C20H21FN2O3S/c21-17-9-8-16(14-19(17)27(25,26)22-11-4-1-5-12-22)20(24)23-13-10-15-6-2-3-7-18(15)23/h2-3,6-9,14H,1,4-5,10-13H2. The predicted octanol–water partition coefficient (Wildman–Crippen LogP) is 3.20. The van der Waals surface area contributed by atoms with Gasteiger partial charge < -0.3 is 4.90 Å². The number of anilines is 1. The molecular formula is C20H21FN2O3S. The average molecular weight is 388 g/mol. The van der Waals surface area contributed by atoms with Crippen LogP contribution in [-0.2, 0) is 16.4 Å². The zero-order valence-corrected chi connectivity index (χ0v) is 15.7. The highest BCUT2D eigenvalue weighted by molar-refractivity contribution is 7.89. The SMILES string of the molecule is O=C(c1ccc(F)c(S(=O)(=O)N2CCCCC2)c1)N1CCc2ccccc21. The molecule has 1 fully saturated rings. The van der Waals surface area contributed by atoms with Crippen molar-refractivity contribution in [2.24, 2.45) is 0 Å². The Labute approximate surface area is 158 Å². The summed E-state index contributed by atoms with van der Waals surface area (Å²) in [5.41, 5.74) is 2.09. The highest BCUT2D eigenvalue weighted by Gasteiger charge is 2.31. The molecule has 2 aromatic carbocycles. The maximum Gasteiger partial charge on any atom is 0.258 e. The largest absolute Gasteiger partial charge is 0.308 e. The number of fused-ring (bicyclic) bond motifs is 1. The smallest absolute Gasteiger partial charge is 0.258 e. The van der Waals surface area contributed by atoms with Crippen molar-refractivity contribution in [3.05, 3.63) is 59.4 Å². The van der Waals surface area contributed by atoms with E-state index in [4.69, 9.17) is 0 Å². The third kappa shape index (κ3) is 3.26. The van der Waals surface area contributed by atoms with Gasteiger partial charge in [0.25, 0.3) is 5.91 Å². The van der Waals surface area contributed by atoms with Gasteiger partial charge in [-0.15, -0.1) is 0 Å². The van der Waals surface area contributed by atoms with Gasteiger partial charge in [0.2, 0.25) is 10.0 Å². The number of benzene rings is 2. The zero-order valence-electron chi connectivity index (χ0n) is 14.9. The Morgan fingerprint density at radius 2 is 1.70 bits per heavy atom. The van der Waals surface area contributed by atoms with Crippen molar-refractivity contribution in [3.8, 4) is 0 Å². The Morgan fingerprint density at radius 1 is 0.963 bits per heavy atom. The lowest BCUT2D eigenvalue weighted by atomic mass is 10.1. The summed E-state index contributed by atoms with van der Waals surface area (Å²) in [6.45, 7) is 1.31. The number of nitrogens with zero attached hydrogens (tertiary/aromatic N) is 2. The molecule has 27 heavy (non-hydrogen) atoms. The lowest BCUT2D eigenvalue weighted by Crippen LogP contribution is -2.36. The van der Waals surface area contributed by atoms with Gasteiger partial charge in [-0.05, 0) is 49.1 Å². The molecule has 5 nitrogen and oxygen atoms in total. The molecule has 2 aliphatic heterocycles. The van der Waals surface area contributed by atoms with Crippen LogP contribution in [0.15, 0.2) is 47.4 Å². The van der Waals surface area contributed by atoms with Crippen LogP contribution in [0.5, 0.6) is 0 Å². The number of carbonyl (C=O) groups excluding carboxylic acids is 1. The lowest BCUT2D eigenvalue weighted by Gasteiger charge is -2.26. The van der Waals surface area contributed by atoms with Crippen molar-refractivity contribution in [1.29, 1.82) is 0 Å². The number of carbonyl (C=O) groups is 1. The third-order valence-electron chi connectivity index (χ3n) is 5.24. The van der Waals surface area contributed by atoms with Gasteiger partial charge in [0.15, 0.2) is 0 Å². The van der Waals surface area contributed by atoms with E-state index in [2.05, 4.69) is 0 Å². The van der Waals surface area contributed by atoms with Crippen molar-refractivity contribution in [3.63, 3.8) is 0 Å². The van der Waals surface area contributed by atoms with E-state index < -0.39 is 20.7 Å². The summed E-state index contributed by atoms with van der Waals surface area (Å²) in [4.78, 5) is 14.2. The summed E-state index contributed by atoms with van der Waals surface area (Å²) in [6, 6.07) is 11.2. The van der Waals surface area contributed by atoms with E-state index in [9.17, 15) is 17.6 Å². The molecule has 7 heteroatoms. The van der Waals surface area contributed by atoms with Gasteiger partial charge in [-0.3, -0.25) is 4.79 Å². The second kappa shape index (κ2) is 7.05. The number of piperidine rings is 1. The molecule has 1 saturated heterocycles. The van der Waals surface area contributed by atoms with Crippen LogP contribution in [0.1, 0.15) is 35.2 Å². The van der Waals surface area contributed by atoms with Gasteiger partial charge >= 0.3 is 0 Å². The third-order valence-corrected chi connectivity index (χ3v) is 7.16. The molecule has 0 spiro atoms. The second-order valence-electron chi connectivity index (χ2n) is 6.95. The minimum atomic E-state index is -3.95. The number of rotatable bonds is 3. The van der Waals surface area contributed by atoms with Gasteiger partial charge in [0, 0.05) is 30.9 Å². The first-order chi connectivity index (χ1) is 13.0. The molecule has 0 aromatic heterocycles. The Morgan fingerprint density at radius 3 is 2.48 bits per heavy atom. The molecule has 0 radical (unpaired) electrons. The van der Waals surface area contributed by atoms with Crippen LogP contribution in [0.25, 0.3) is 0 Å². The minimum Gasteiger partial charge on any atom is -0.308 e. The van der Waals surface area contributed by atoms with Crippen molar-refractivity contribution >= 4 is 21.6 Å². The monoisotopic (exact) mass is 388 g/mol. The van der Waals surface area contributed by atoms with Crippen molar-refractivity contribution in [2.75, 3.05) is 24.5 Å². The number of halogens is 1. The first kappa shape index (κ1) is 18.1. The van der Waals surface area contributed by atoms with E-state index in [1.165, 1.54) is 16.4 Å². The predicted molar refractivity (Wildman–Crippen MR) is 101 cm³/mol. The van der Waals surface area contributed by atoms with Gasteiger partial charge in [-0.25, -0.2) is 12.8 Å². The second-order valence-corrected chi connectivity index (χ2v) is 8.85. The fraction of sp³-hybridized carbons (Fsp3) is 0.350. The molecule has 2 heterocycles. The molecule has 142 valence electrons. The molecule has 1 amide bonds. The molecule has 0 N–H and O–H groups in total. The van der Waals surface area contributed by atoms with Crippen LogP contribution in [0.3, 0.4) is 0 Å². The maximum atomic E-state index is 14.4.